The number of aromatic nitrogens is 1. The van der Waals surface area contributed by atoms with Gasteiger partial charge in [0.2, 0.25) is 0 Å². The number of allylic oxidation sites excluding steroid dienone is 1. The second-order valence-corrected chi connectivity index (χ2v) is 6.53. The average molecular weight is 376 g/mol. The van der Waals surface area contributed by atoms with Crippen LogP contribution in [0.2, 0.25) is 0 Å². The summed E-state index contributed by atoms with van der Waals surface area (Å²) in [5.41, 5.74) is 3.77. The molecule has 0 saturated heterocycles. The highest BCUT2D eigenvalue weighted by molar-refractivity contribution is 7.11. The summed E-state index contributed by atoms with van der Waals surface area (Å²) in [7, 11) is 0. The van der Waals surface area contributed by atoms with Crippen molar-refractivity contribution in [3.8, 4) is 17.3 Å². The molecular formula is C20H16N4O2S. The molecule has 134 valence electrons. The van der Waals surface area contributed by atoms with E-state index in [1.807, 2.05) is 24.3 Å². The van der Waals surface area contributed by atoms with E-state index in [9.17, 15) is 15.4 Å². The Labute approximate surface area is 160 Å². The van der Waals surface area contributed by atoms with Crippen LogP contribution in [0, 0.1) is 21.4 Å². The molecular weight excluding hydrogens is 360 g/mol. The van der Waals surface area contributed by atoms with Crippen LogP contribution in [0.15, 0.2) is 60.1 Å². The lowest BCUT2D eigenvalue weighted by Gasteiger charge is -2.07. The first-order valence-electron chi connectivity index (χ1n) is 8.27. The van der Waals surface area contributed by atoms with Crippen LogP contribution in [0.4, 0.5) is 11.4 Å². The van der Waals surface area contributed by atoms with Gasteiger partial charge in [0.1, 0.15) is 16.6 Å². The molecule has 6 nitrogen and oxygen atoms in total. The maximum atomic E-state index is 10.9. The molecule has 0 saturated carbocycles. The number of nitrogens with one attached hydrogen (secondary N) is 1. The van der Waals surface area contributed by atoms with Crippen LogP contribution in [0.1, 0.15) is 17.5 Å². The van der Waals surface area contributed by atoms with Gasteiger partial charge in [-0.1, -0.05) is 37.3 Å². The SMILES string of the molecule is CCc1ccccc1N/C=C(\C#N)c1nc(-c2cccc([N+](=O)[O-])c2)cs1. The topological polar surface area (TPSA) is 91.8 Å². The fraction of sp³-hybridized carbons (Fsp3) is 0.100. The van der Waals surface area contributed by atoms with Crippen molar-refractivity contribution in [1.82, 2.24) is 4.98 Å². The van der Waals surface area contributed by atoms with Crippen molar-refractivity contribution in [1.29, 1.82) is 5.26 Å². The lowest BCUT2D eigenvalue weighted by atomic mass is 10.1. The Kier molecular flexibility index (Phi) is 5.59. The number of aryl methyl sites for hydroxylation is 1. The quantitative estimate of drug-likeness (QED) is 0.360. The zero-order valence-electron chi connectivity index (χ0n) is 14.5. The van der Waals surface area contributed by atoms with E-state index in [2.05, 4.69) is 23.3 Å². The number of para-hydroxylation sites is 1. The molecule has 0 aliphatic rings. The monoisotopic (exact) mass is 376 g/mol. The number of hydrogen-bond acceptors (Lipinski definition) is 6. The Bertz CT molecular complexity index is 1050. The maximum absolute atomic E-state index is 10.9. The molecule has 1 aromatic heterocycles. The molecule has 0 radical (unpaired) electrons. The first-order chi connectivity index (χ1) is 13.1. The Morgan fingerprint density at radius 2 is 2.15 bits per heavy atom. The van der Waals surface area contributed by atoms with Gasteiger partial charge in [0.25, 0.3) is 5.69 Å². The number of thiazole rings is 1. The molecule has 0 amide bonds. The maximum Gasteiger partial charge on any atom is 0.270 e. The third kappa shape index (κ3) is 4.19. The van der Waals surface area contributed by atoms with Gasteiger partial charge in [-0.2, -0.15) is 5.26 Å². The molecule has 27 heavy (non-hydrogen) atoms. The lowest BCUT2D eigenvalue weighted by Crippen LogP contribution is -1.95. The van der Waals surface area contributed by atoms with Gasteiger partial charge in [-0.15, -0.1) is 11.3 Å². The molecule has 1 heterocycles. The number of hydrogen-bond donors (Lipinski definition) is 1. The van der Waals surface area contributed by atoms with E-state index in [0.29, 0.717) is 21.8 Å². The van der Waals surface area contributed by atoms with Crippen LogP contribution < -0.4 is 5.32 Å². The van der Waals surface area contributed by atoms with Crippen LogP contribution in [0.5, 0.6) is 0 Å². The van der Waals surface area contributed by atoms with Gasteiger partial charge in [-0.3, -0.25) is 10.1 Å². The molecule has 3 rings (SSSR count). The molecule has 0 spiro atoms. The minimum atomic E-state index is -0.438. The number of benzene rings is 2. The average Bonchev–Trinajstić information content (AvgIpc) is 3.19. The molecule has 1 N–H and O–H groups in total. The Hall–Kier alpha value is -3.50. The third-order valence-electron chi connectivity index (χ3n) is 3.98. The second kappa shape index (κ2) is 8.25. The lowest BCUT2D eigenvalue weighted by molar-refractivity contribution is -0.384. The van der Waals surface area contributed by atoms with Crippen molar-refractivity contribution in [2.75, 3.05) is 5.32 Å². The molecule has 0 fully saturated rings. The van der Waals surface area contributed by atoms with E-state index in [1.54, 1.807) is 23.7 Å². The van der Waals surface area contributed by atoms with Crippen LogP contribution in [0.3, 0.4) is 0 Å². The summed E-state index contributed by atoms with van der Waals surface area (Å²) in [6.45, 7) is 2.07. The molecule has 2 aromatic carbocycles. The van der Waals surface area contributed by atoms with Gasteiger partial charge in [0.15, 0.2) is 0 Å². The largest absolute Gasteiger partial charge is 0.360 e. The highest BCUT2D eigenvalue weighted by atomic mass is 32.1. The van der Waals surface area contributed by atoms with Crippen LogP contribution >= 0.6 is 11.3 Å². The van der Waals surface area contributed by atoms with Crippen molar-refractivity contribution in [3.63, 3.8) is 0 Å². The number of anilines is 1. The van der Waals surface area contributed by atoms with Crippen molar-refractivity contribution in [2.45, 2.75) is 13.3 Å². The second-order valence-electron chi connectivity index (χ2n) is 5.67. The van der Waals surface area contributed by atoms with E-state index in [0.717, 1.165) is 17.7 Å². The third-order valence-corrected chi connectivity index (χ3v) is 4.85. The van der Waals surface area contributed by atoms with Crippen LogP contribution in [-0.4, -0.2) is 9.91 Å². The predicted molar refractivity (Wildman–Crippen MR) is 107 cm³/mol. The van der Waals surface area contributed by atoms with Gasteiger partial charge in [0.05, 0.1) is 10.6 Å². The molecule has 0 aliphatic carbocycles. The number of nitro benzene ring substituents is 1. The van der Waals surface area contributed by atoms with Crippen molar-refractivity contribution >= 4 is 28.3 Å². The summed E-state index contributed by atoms with van der Waals surface area (Å²) in [4.78, 5) is 15.0. The zero-order valence-corrected chi connectivity index (χ0v) is 15.4. The minimum absolute atomic E-state index is 0.0101. The van der Waals surface area contributed by atoms with Gasteiger partial charge in [-0.05, 0) is 18.1 Å². The number of nitrogens with zero attached hydrogens (tertiary/aromatic N) is 3. The van der Waals surface area contributed by atoms with Gasteiger partial charge in [-0.25, -0.2) is 4.98 Å². The summed E-state index contributed by atoms with van der Waals surface area (Å²) in [5, 5.41) is 26.0. The van der Waals surface area contributed by atoms with Crippen molar-refractivity contribution < 1.29 is 4.92 Å². The van der Waals surface area contributed by atoms with E-state index in [4.69, 9.17) is 0 Å². The first-order valence-corrected chi connectivity index (χ1v) is 9.15. The van der Waals surface area contributed by atoms with E-state index in [-0.39, 0.29) is 5.69 Å². The summed E-state index contributed by atoms with van der Waals surface area (Å²) < 4.78 is 0. The number of nitriles is 1. The number of non-ortho nitro benzene ring substituents is 1. The highest BCUT2D eigenvalue weighted by Crippen LogP contribution is 2.28. The predicted octanol–water partition coefficient (Wildman–Crippen LogP) is 5.26. The standard InChI is InChI=1S/C20H16N4O2S/c1-2-14-6-3-4-9-18(14)22-12-16(11-21)20-23-19(13-27-20)15-7-5-8-17(10-15)24(25)26/h3-10,12-13,22H,2H2,1H3/b16-12+. The molecule has 0 atom stereocenters. The van der Waals surface area contributed by atoms with Crippen molar-refractivity contribution in [2.24, 2.45) is 0 Å². The Morgan fingerprint density at radius 1 is 1.33 bits per heavy atom. The van der Waals surface area contributed by atoms with E-state index < -0.39 is 4.92 Å². The number of nitro groups is 1. The summed E-state index contributed by atoms with van der Waals surface area (Å²) in [6.07, 6.45) is 2.53. The Morgan fingerprint density at radius 3 is 2.89 bits per heavy atom. The van der Waals surface area contributed by atoms with Gasteiger partial charge >= 0.3 is 0 Å². The van der Waals surface area contributed by atoms with Crippen LogP contribution in [0.25, 0.3) is 16.8 Å². The molecule has 0 aliphatic heterocycles. The fourth-order valence-corrected chi connectivity index (χ4v) is 3.36. The van der Waals surface area contributed by atoms with Crippen LogP contribution in [-0.2, 0) is 6.42 Å². The zero-order chi connectivity index (χ0) is 19.2. The number of rotatable bonds is 6. The highest BCUT2D eigenvalue weighted by Gasteiger charge is 2.12. The van der Waals surface area contributed by atoms with Gasteiger partial charge < -0.3 is 5.32 Å². The summed E-state index contributed by atoms with van der Waals surface area (Å²) >= 11 is 1.32. The molecule has 3 aromatic rings. The van der Waals surface area contributed by atoms with E-state index >= 15 is 0 Å². The normalized spacial score (nSPS) is 11.0. The molecule has 7 heteroatoms. The summed E-state index contributed by atoms with van der Waals surface area (Å²) in [6, 6.07) is 16.4. The van der Waals surface area contributed by atoms with Crippen molar-refractivity contribution in [3.05, 3.63) is 80.8 Å². The minimum Gasteiger partial charge on any atom is -0.360 e. The van der Waals surface area contributed by atoms with Gasteiger partial charge in [0, 0.05) is 35.0 Å². The fourth-order valence-electron chi connectivity index (χ4n) is 2.57. The molecule has 0 unspecified atom stereocenters. The van der Waals surface area contributed by atoms with E-state index in [1.165, 1.54) is 23.5 Å². The molecule has 0 bridgehead atoms. The Balaban J connectivity index is 1.86. The first kappa shape index (κ1) is 18.3. The summed E-state index contributed by atoms with van der Waals surface area (Å²) in [5.74, 6) is 0. The smallest absolute Gasteiger partial charge is 0.270 e.